The van der Waals surface area contributed by atoms with Crippen LogP contribution in [0.5, 0.6) is 0 Å². The number of aromatic nitrogens is 3. The average molecular weight is 345 g/mol. The van der Waals surface area contributed by atoms with Crippen molar-refractivity contribution in [2.24, 2.45) is 0 Å². The van der Waals surface area contributed by atoms with Crippen molar-refractivity contribution in [3.8, 4) is 22.6 Å². The molecule has 0 amide bonds. The first kappa shape index (κ1) is 15.5. The highest BCUT2D eigenvalue weighted by Gasteiger charge is 2.08. The fourth-order valence-corrected chi connectivity index (χ4v) is 3.06. The van der Waals surface area contributed by atoms with Crippen molar-refractivity contribution in [3.05, 3.63) is 76.4 Å². The van der Waals surface area contributed by atoms with Crippen LogP contribution in [0.2, 0.25) is 0 Å². The molecule has 2 aromatic heterocycles. The number of benzene rings is 2. The van der Waals surface area contributed by atoms with E-state index >= 15 is 0 Å². The molecule has 122 valence electrons. The highest BCUT2D eigenvalue weighted by atomic mass is 32.1. The standard InChI is InChI=1S/C20H15N3OS/c1-14-21-18(13-25-14)16-8-10-17(11-9-16)20-22-19(24-23-20)12-7-15-5-3-2-4-6-15/h2-13H,1H3. The first-order valence-corrected chi connectivity index (χ1v) is 8.76. The highest BCUT2D eigenvalue weighted by Crippen LogP contribution is 2.24. The molecule has 4 nitrogen and oxygen atoms in total. The van der Waals surface area contributed by atoms with Gasteiger partial charge in [0.05, 0.1) is 10.7 Å². The zero-order valence-corrected chi connectivity index (χ0v) is 14.4. The van der Waals surface area contributed by atoms with Crippen LogP contribution in [-0.2, 0) is 0 Å². The zero-order chi connectivity index (χ0) is 17.1. The maximum atomic E-state index is 5.30. The fourth-order valence-electron chi connectivity index (χ4n) is 2.44. The summed E-state index contributed by atoms with van der Waals surface area (Å²) < 4.78 is 5.30. The third-order valence-electron chi connectivity index (χ3n) is 3.72. The summed E-state index contributed by atoms with van der Waals surface area (Å²) in [6, 6.07) is 18.0. The van der Waals surface area contributed by atoms with Gasteiger partial charge < -0.3 is 4.52 Å². The van der Waals surface area contributed by atoms with E-state index in [4.69, 9.17) is 4.52 Å². The Kier molecular flexibility index (Phi) is 4.23. The number of hydrogen-bond donors (Lipinski definition) is 0. The van der Waals surface area contributed by atoms with Gasteiger partial charge in [-0.05, 0) is 18.6 Å². The Hall–Kier alpha value is -3.05. The molecule has 0 fully saturated rings. The van der Waals surface area contributed by atoms with E-state index in [1.807, 2.05) is 73.7 Å². The highest BCUT2D eigenvalue weighted by molar-refractivity contribution is 7.09. The van der Waals surface area contributed by atoms with Crippen molar-refractivity contribution in [1.82, 2.24) is 15.1 Å². The Bertz CT molecular complexity index is 1000. The first-order valence-electron chi connectivity index (χ1n) is 7.88. The topological polar surface area (TPSA) is 51.8 Å². The maximum Gasteiger partial charge on any atom is 0.250 e. The summed E-state index contributed by atoms with van der Waals surface area (Å²) in [5, 5.41) is 7.18. The molecule has 0 atom stereocenters. The minimum Gasteiger partial charge on any atom is -0.334 e. The minimum absolute atomic E-state index is 0.484. The van der Waals surface area contributed by atoms with Crippen LogP contribution in [0.15, 0.2) is 64.5 Å². The third-order valence-corrected chi connectivity index (χ3v) is 4.49. The van der Waals surface area contributed by atoms with Crippen LogP contribution in [-0.4, -0.2) is 15.1 Å². The van der Waals surface area contributed by atoms with Crippen molar-refractivity contribution in [3.63, 3.8) is 0 Å². The lowest BCUT2D eigenvalue weighted by Crippen LogP contribution is -1.82. The van der Waals surface area contributed by atoms with E-state index in [0.717, 1.165) is 27.4 Å². The van der Waals surface area contributed by atoms with E-state index in [1.165, 1.54) is 0 Å². The Morgan fingerprint density at radius 3 is 2.36 bits per heavy atom. The number of thiazole rings is 1. The lowest BCUT2D eigenvalue weighted by Gasteiger charge is -1.98. The van der Waals surface area contributed by atoms with Gasteiger partial charge in [-0.25, -0.2) is 4.98 Å². The molecule has 0 saturated carbocycles. The van der Waals surface area contributed by atoms with Gasteiger partial charge in [-0.3, -0.25) is 0 Å². The molecule has 2 heterocycles. The molecule has 0 spiro atoms. The second-order valence-electron chi connectivity index (χ2n) is 5.53. The fraction of sp³-hybridized carbons (Fsp3) is 0.0500. The molecule has 4 rings (SSSR count). The van der Waals surface area contributed by atoms with E-state index in [2.05, 4.69) is 20.5 Å². The molecule has 0 aliphatic heterocycles. The van der Waals surface area contributed by atoms with Gasteiger partial charge in [0.2, 0.25) is 5.82 Å². The van der Waals surface area contributed by atoms with Gasteiger partial charge in [-0.1, -0.05) is 59.8 Å². The molecule has 0 radical (unpaired) electrons. The molecule has 25 heavy (non-hydrogen) atoms. The molecule has 5 heteroatoms. The van der Waals surface area contributed by atoms with Crippen LogP contribution in [0.25, 0.3) is 34.8 Å². The molecule has 0 aliphatic carbocycles. The van der Waals surface area contributed by atoms with Gasteiger partial charge in [0.1, 0.15) is 0 Å². The summed E-state index contributed by atoms with van der Waals surface area (Å²) in [6.45, 7) is 2.01. The van der Waals surface area contributed by atoms with Crippen molar-refractivity contribution in [2.75, 3.05) is 0 Å². The normalized spacial score (nSPS) is 11.2. The minimum atomic E-state index is 0.484. The van der Waals surface area contributed by atoms with Crippen LogP contribution < -0.4 is 0 Å². The number of aryl methyl sites for hydroxylation is 1. The van der Waals surface area contributed by atoms with Gasteiger partial charge >= 0.3 is 0 Å². The summed E-state index contributed by atoms with van der Waals surface area (Å²) >= 11 is 1.65. The second-order valence-corrected chi connectivity index (χ2v) is 6.59. The van der Waals surface area contributed by atoms with Gasteiger partial charge in [-0.2, -0.15) is 4.98 Å². The zero-order valence-electron chi connectivity index (χ0n) is 13.6. The van der Waals surface area contributed by atoms with Gasteiger partial charge in [0.25, 0.3) is 5.89 Å². The lowest BCUT2D eigenvalue weighted by molar-refractivity contribution is 0.411. The molecule has 2 aromatic carbocycles. The predicted octanol–water partition coefficient (Wildman–Crippen LogP) is 5.34. The molecule has 0 N–H and O–H groups in total. The molecule has 0 aliphatic rings. The van der Waals surface area contributed by atoms with Crippen LogP contribution in [0.3, 0.4) is 0 Å². The maximum absolute atomic E-state index is 5.30. The molecule has 0 unspecified atom stereocenters. The third kappa shape index (κ3) is 3.56. The van der Waals surface area contributed by atoms with Crippen molar-refractivity contribution >= 4 is 23.5 Å². The monoisotopic (exact) mass is 345 g/mol. The van der Waals surface area contributed by atoms with Crippen LogP contribution >= 0.6 is 11.3 Å². The Morgan fingerprint density at radius 1 is 0.880 bits per heavy atom. The van der Waals surface area contributed by atoms with Crippen molar-refractivity contribution in [2.45, 2.75) is 6.92 Å². The van der Waals surface area contributed by atoms with E-state index < -0.39 is 0 Å². The van der Waals surface area contributed by atoms with Crippen LogP contribution in [0.1, 0.15) is 16.5 Å². The number of nitrogens with zero attached hydrogens (tertiary/aromatic N) is 3. The van der Waals surface area contributed by atoms with E-state index in [9.17, 15) is 0 Å². The summed E-state index contributed by atoms with van der Waals surface area (Å²) in [5.74, 6) is 1.06. The molecule has 0 saturated heterocycles. The van der Waals surface area contributed by atoms with E-state index in [1.54, 1.807) is 11.3 Å². The van der Waals surface area contributed by atoms with Crippen molar-refractivity contribution < 1.29 is 4.52 Å². The summed E-state index contributed by atoms with van der Waals surface area (Å²) in [7, 11) is 0. The molecular weight excluding hydrogens is 330 g/mol. The first-order chi connectivity index (χ1) is 12.3. The van der Waals surface area contributed by atoms with Gasteiger partial charge in [-0.15, -0.1) is 11.3 Å². The Balaban J connectivity index is 1.53. The predicted molar refractivity (Wildman–Crippen MR) is 101 cm³/mol. The largest absolute Gasteiger partial charge is 0.334 e. The molecule has 4 aromatic rings. The smallest absolute Gasteiger partial charge is 0.250 e. The SMILES string of the molecule is Cc1nc(-c2ccc(-c3noc(C=Cc4ccccc4)n3)cc2)cs1. The van der Waals surface area contributed by atoms with Gasteiger partial charge in [0, 0.05) is 22.6 Å². The van der Waals surface area contributed by atoms with Crippen LogP contribution in [0.4, 0.5) is 0 Å². The Labute approximate surface area is 149 Å². The summed E-state index contributed by atoms with van der Waals surface area (Å²) in [6.07, 6.45) is 3.77. The van der Waals surface area contributed by atoms with E-state index in [-0.39, 0.29) is 0 Å². The average Bonchev–Trinajstić information content (AvgIpc) is 3.30. The lowest BCUT2D eigenvalue weighted by atomic mass is 10.1. The molecule has 0 bridgehead atoms. The Morgan fingerprint density at radius 2 is 1.64 bits per heavy atom. The second kappa shape index (κ2) is 6.83. The van der Waals surface area contributed by atoms with Crippen molar-refractivity contribution in [1.29, 1.82) is 0 Å². The number of hydrogen-bond acceptors (Lipinski definition) is 5. The van der Waals surface area contributed by atoms with Gasteiger partial charge in [0.15, 0.2) is 0 Å². The molecular formula is C20H15N3OS. The summed E-state index contributed by atoms with van der Waals surface area (Å²) in [4.78, 5) is 8.92. The van der Waals surface area contributed by atoms with E-state index in [0.29, 0.717) is 11.7 Å². The van der Waals surface area contributed by atoms with Crippen LogP contribution in [0, 0.1) is 6.92 Å². The summed E-state index contributed by atoms with van der Waals surface area (Å²) in [5.41, 5.74) is 4.08. The quantitative estimate of drug-likeness (QED) is 0.501. The number of rotatable bonds is 4.